The Hall–Kier alpha value is -2.15. The first-order valence-electron chi connectivity index (χ1n) is 6.32. The Morgan fingerprint density at radius 1 is 1.50 bits per heavy atom. The summed E-state index contributed by atoms with van der Waals surface area (Å²) in [4.78, 5) is 22.0. The van der Waals surface area contributed by atoms with Gasteiger partial charge in [-0.15, -0.1) is 0 Å². The van der Waals surface area contributed by atoms with Crippen LogP contribution < -0.4 is 15.4 Å². The zero-order chi connectivity index (χ0) is 15.1. The van der Waals surface area contributed by atoms with Crippen molar-refractivity contribution in [2.24, 2.45) is 0 Å². The van der Waals surface area contributed by atoms with Crippen molar-refractivity contribution in [3.8, 4) is 5.75 Å². The van der Waals surface area contributed by atoms with Crippen molar-refractivity contribution in [3.63, 3.8) is 0 Å². The number of nitrogens with one attached hydrogen (secondary N) is 2. The zero-order valence-electron chi connectivity index (χ0n) is 11.8. The Balaban J connectivity index is 2.71. The molecule has 1 rings (SSSR count). The Bertz CT molecular complexity index is 491. The quantitative estimate of drug-likeness (QED) is 0.579. The van der Waals surface area contributed by atoms with Crippen LogP contribution in [0.15, 0.2) is 18.2 Å². The fourth-order valence-electron chi connectivity index (χ4n) is 1.68. The highest BCUT2D eigenvalue weighted by Gasteiger charge is 2.16. The highest BCUT2D eigenvalue weighted by molar-refractivity contribution is 5.81. The molecule has 1 aromatic carbocycles. The molecule has 0 aromatic heterocycles. The summed E-state index contributed by atoms with van der Waals surface area (Å²) in [5.74, 6) is 0.117. The third-order valence-electron chi connectivity index (χ3n) is 2.80. The Labute approximate surface area is 117 Å². The first kappa shape index (κ1) is 15.9. The lowest BCUT2D eigenvalue weighted by molar-refractivity contribution is -0.385. The van der Waals surface area contributed by atoms with Gasteiger partial charge in [-0.2, -0.15) is 0 Å². The SMILES string of the molecule is CCNC(=O)C(C)NCc1ccc(OC)c([N+](=O)[O-])c1. The van der Waals surface area contributed by atoms with Gasteiger partial charge in [0.15, 0.2) is 5.75 Å². The van der Waals surface area contributed by atoms with E-state index in [0.717, 1.165) is 0 Å². The number of nitro benzene ring substituents is 1. The molecule has 0 radical (unpaired) electrons. The van der Waals surface area contributed by atoms with Crippen LogP contribution in [0, 0.1) is 10.1 Å². The number of carbonyl (C=O) groups is 1. The smallest absolute Gasteiger partial charge is 0.311 e. The summed E-state index contributed by atoms with van der Waals surface area (Å²) >= 11 is 0. The van der Waals surface area contributed by atoms with Crippen molar-refractivity contribution in [1.29, 1.82) is 0 Å². The van der Waals surface area contributed by atoms with E-state index in [1.807, 2.05) is 6.92 Å². The maximum absolute atomic E-state index is 11.5. The Morgan fingerprint density at radius 2 is 2.20 bits per heavy atom. The number of rotatable bonds is 7. The summed E-state index contributed by atoms with van der Waals surface area (Å²) in [7, 11) is 1.39. The van der Waals surface area contributed by atoms with Crippen LogP contribution in [0.25, 0.3) is 0 Å². The van der Waals surface area contributed by atoms with Gasteiger partial charge in [-0.1, -0.05) is 6.07 Å². The van der Waals surface area contributed by atoms with E-state index in [1.54, 1.807) is 19.1 Å². The molecular formula is C13H19N3O4. The van der Waals surface area contributed by atoms with Crippen molar-refractivity contribution in [2.75, 3.05) is 13.7 Å². The number of ether oxygens (including phenoxy) is 1. The highest BCUT2D eigenvalue weighted by Crippen LogP contribution is 2.27. The van der Waals surface area contributed by atoms with Crippen LogP contribution >= 0.6 is 0 Å². The van der Waals surface area contributed by atoms with Crippen molar-refractivity contribution in [2.45, 2.75) is 26.4 Å². The first-order valence-corrected chi connectivity index (χ1v) is 6.32. The molecule has 7 heteroatoms. The van der Waals surface area contributed by atoms with Gasteiger partial charge in [-0.3, -0.25) is 14.9 Å². The van der Waals surface area contributed by atoms with Crippen LogP contribution in [0.4, 0.5) is 5.69 Å². The Morgan fingerprint density at radius 3 is 2.75 bits per heavy atom. The summed E-state index contributed by atoms with van der Waals surface area (Å²) in [5, 5.41) is 16.6. The van der Waals surface area contributed by atoms with Gasteiger partial charge >= 0.3 is 5.69 Å². The van der Waals surface area contributed by atoms with E-state index < -0.39 is 4.92 Å². The van der Waals surface area contributed by atoms with E-state index in [1.165, 1.54) is 13.2 Å². The molecule has 0 bridgehead atoms. The number of amides is 1. The summed E-state index contributed by atoms with van der Waals surface area (Å²) in [6, 6.07) is 4.35. The maximum Gasteiger partial charge on any atom is 0.311 e. The minimum absolute atomic E-state index is 0.0857. The van der Waals surface area contributed by atoms with Gasteiger partial charge in [-0.25, -0.2) is 0 Å². The number of carbonyl (C=O) groups excluding carboxylic acids is 1. The average molecular weight is 281 g/mol. The molecule has 0 spiro atoms. The van der Waals surface area contributed by atoms with E-state index >= 15 is 0 Å². The second-order valence-electron chi connectivity index (χ2n) is 4.26. The molecule has 1 amide bonds. The van der Waals surface area contributed by atoms with Crippen molar-refractivity contribution in [1.82, 2.24) is 10.6 Å². The summed E-state index contributed by atoms with van der Waals surface area (Å²) in [6.07, 6.45) is 0. The molecule has 1 atom stereocenters. The third-order valence-corrected chi connectivity index (χ3v) is 2.80. The summed E-state index contributed by atoms with van der Waals surface area (Å²) < 4.78 is 4.93. The Kier molecular flexibility index (Phi) is 5.92. The fraction of sp³-hybridized carbons (Fsp3) is 0.462. The number of benzene rings is 1. The number of hydrogen-bond acceptors (Lipinski definition) is 5. The molecule has 0 aliphatic heterocycles. The molecule has 2 N–H and O–H groups in total. The van der Waals surface area contributed by atoms with E-state index in [-0.39, 0.29) is 23.4 Å². The molecule has 0 saturated carbocycles. The maximum atomic E-state index is 11.5. The minimum Gasteiger partial charge on any atom is -0.490 e. The molecule has 110 valence electrons. The first-order chi connectivity index (χ1) is 9.49. The lowest BCUT2D eigenvalue weighted by Gasteiger charge is -2.13. The van der Waals surface area contributed by atoms with Crippen LogP contribution in [0.2, 0.25) is 0 Å². The molecule has 0 fully saturated rings. The molecule has 20 heavy (non-hydrogen) atoms. The van der Waals surface area contributed by atoms with Crippen molar-refractivity contribution >= 4 is 11.6 Å². The number of nitro groups is 1. The van der Waals surface area contributed by atoms with Crippen LogP contribution in [-0.2, 0) is 11.3 Å². The standard InChI is InChI=1S/C13H19N3O4/c1-4-14-13(17)9(2)15-8-10-5-6-12(20-3)11(7-10)16(18)19/h5-7,9,15H,4,8H2,1-3H3,(H,14,17). The van der Waals surface area contributed by atoms with E-state index in [2.05, 4.69) is 10.6 Å². The highest BCUT2D eigenvalue weighted by atomic mass is 16.6. The third kappa shape index (κ3) is 4.20. The number of nitrogens with zero attached hydrogens (tertiary/aromatic N) is 1. The summed E-state index contributed by atoms with van der Waals surface area (Å²) in [5.41, 5.74) is 0.631. The van der Waals surface area contributed by atoms with Crippen LogP contribution in [0.3, 0.4) is 0 Å². The lowest BCUT2D eigenvalue weighted by atomic mass is 10.1. The largest absolute Gasteiger partial charge is 0.490 e. The van der Waals surface area contributed by atoms with Gasteiger partial charge in [0.1, 0.15) is 0 Å². The van der Waals surface area contributed by atoms with E-state index in [4.69, 9.17) is 4.74 Å². The fourth-order valence-corrected chi connectivity index (χ4v) is 1.68. The lowest BCUT2D eigenvalue weighted by Crippen LogP contribution is -2.41. The second-order valence-corrected chi connectivity index (χ2v) is 4.26. The van der Waals surface area contributed by atoms with Crippen molar-refractivity contribution in [3.05, 3.63) is 33.9 Å². The van der Waals surface area contributed by atoms with Crippen molar-refractivity contribution < 1.29 is 14.5 Å². The van der Waals surface area contributed by atoms with Gasteiger partial charge in [-0.05, 0) is 25.5 Å². The van der Waals surface area contributed by atoms with Gasteiger partial charge in [0.2, 0.25) is 5.91 Å². The van der Waals surface area contributed by atoms with E-state index in [0.29, 0.717) is 18.7 Å². The van der Waals surface area contributed by atoms with Crippen LogP contribution in [0.1, 0.15) is 19.4 Å². The molecule has 1 unspecified atom stereocenters. The topological polar surface area (TPSA) is 93.5 Å². The predicted octanol–water partition coefficient (Wildman–Crippen LogP) is 1.22. The average Bonchev–Trinajstić information content (AvgIpc) is 2.44. The van der Waals surface area contributed by atoms with Gasteiger partial charge in [0.25, 0.3) is 0 Å². The zero-order valence-corrected chi connectivity index (χ0v) is 11.8. The molecular weight excluding hydrogens is 262 g/mol. The van der Waals surface area contributed by atoms with Gasteiger partial charge < -0.3 is 15.4 Å². The molecule has 7 nitrogen and oxygen atoms in total. The monoisotopic (exact) mass is 281 g/mol. The molecule has 1 aromatic rings. The molecule has 0 aliphatic carbocycles. The molecule has 0 heterocycles. The predicted molar refractivity (Wildman–Crippen MR) is 74.6 cm³/mol. The molecule has 0 aliphatic rings. The molecule has 0 saturated heterocycles. The van der Waals surface area contributed by atoms with E-state index in [9.17, 15) is 14.9 Å². The number of hydrogen-bond donors (Lipinski definition) is 2. The summed E-state index contributed by atoms with van der Waals surface area (Å²) in [6.45, 7) is 4.52. The second kappa shape index (κ2) is 7.44. The normalized spacial score (nSPS) is 11.8. The minimum atomic E-state index is -0.491. The van der Waals surface area contributed by atoms with Gasteiger partial charge in [0.05, 0.1) is 18.1 Å². The van der Waals surface area contributed by atoms with Crippen LogP contribution in [0.5, 0.6) is 5.75 Å². The number of methoxy groups -OCH3 is 1. The van der Waals surface area contributed by atoms with Gasteiger partial charge in [0, 0.05) is 19.2 Å². The number of likely N-dealkylation sites (N-methyl/N-ethyl adjacent to an activating group) is 1. The van der Waals surface area contributed by atoms with Crippen LogP contribution in [-0.4, -0.2) is 30.5 Å².